The molecule has 6 nitrogen and oxygen atoms in total. The number of morpholine rings is 1. The molecule has 1 aromatic heterocycles. The summed E-state index contributed by atoms with van der Waals surface area (Å²) in [6, 6.07) is 7.94. The Hall–Kier alpha value is -1.74. The first-order valence-electron chi connectivity index (χ1n) is 9.06. The van der Waals surface area contributed by atoms with Gasteiger partial charge in [0.25, 0.3) is 0 Å². The first kappa shape index (κ1) is 18.6. The van der Waals surface area contributed by atoms with Crippen molar-refractivity contribution in [3.63, 3.8) is 0 Å². The molecule has 27 heavy (non-hydrogen) atoms. The Kier molecular flexibility index (Phi) is 5.32. The average molecular weight is 408 g/mol. The summed E-state index contributed by atoms with van der Waals surface area (Å²) in [5, 5.41) is 0. The zero-order chi connectivity index (χ0) is 18.9. The van der Waals surface area contributed by atoms with E-state index in [9.17, 15) is 13.2 Å². The summed E-state index contributed by atoms with van der Waals surface area (Å²) in [5.74, 6) is -0.0505. The van der Waals surface area contributed by atoms with Gasteiger partial charge in [0.05, 0.1) is 18.1 Å². The molecule has 1 aliphatic heterocycles. The van der Waals surface area contributed by atoms with Crippen molar-refractivity contribution in [1.82, 2.24) is 4.31 Å². The van der Waals surface area contributed by atoms with Gasteiger partial charge in [-0.15, -0.1) is 11.3 Å². The molecule has 2 aromatic rings. The van der Waals surface area contributed by atoms with E-state index in [1.165, 1.54) is 56.8 Å². The fourth-order valence-electron chi connectivity index (χ4n) is 3.36. The number of nitrogens with zero attached hydrogens (tertiary/aromatic N) is 1. The lowest BCUT2D eigenvalue weighted by molar-refractivity contribution is 0.0729. The van der Waals surface area contributed by atoms with Crippen LogP contribution in [0.4, 0.5) is 0 Å². The van der Waals surface area contributed by atoms with E-state index >= 15 is 0 Å². The van der Waals surface area contributed by atoms with Crippen LogP contribution in [0.25, 0.3) is 0 Å². The highest BCUT2D eigenvalue weighted by molar-refractivity contribution is 7.89. The number of rotatable bonds is 4. The van der Waals surface area contributed by atoms with Crippen LogP contribution in [0.5, 0.6) is 5.75 Å². The number of hydrogen-bond acceptors (Lipinski definition) is 6. The summed E-state index contributed by atoms with van der Waals surface area (Å²) in [6.45, 7) is 1.50. The Labute approximate surface area is 162 Å². The Morgan fingerprint density at radius 2 is 1.78 bits per heavy atom. The molecule has 0 radical (unpaired) electrons. The molecule has 2 aliphatic rings. The van der Waals surface area contributed by atoms with Gasteiger partial charge in [0.1, 0.15) is 10.6 Å². The third-order valence-corrected chi connectivity index (χ3v) is 7.97. The molecule has 1 saturated heterocycles. The molecule has 0 N–H and O–H groups in total. The lowest BCUT2D eigenvalue weighted by Gasteiger charge is -2.26. The summed E-state index contributed by atoms with van der Waals surface area (Å²) in [5.41, 5.74) is 1.25. The third-order valence-electron chi connectivity index (χ3n) is 4.84. The van der Waals surface area contributed by atoms with Gasteiger partial charge in [-0.3, -0.25) is 0 Å². The van der Waals surface area contributed by atoms with E-state index in [1.807, 2.05) is 6.07 Å². The van der Waals surface area contributed by atoms with E-state index in [-0.39, 0.29) is 4.90 Å². The minimum Gasteiger partial charge on any atom is -0.422 e. The molecule has 4 rings (SSSR count). The standard InChI is InChI=1S/C19H21NO5S2/c21-19(18-13-14-3-1-2-4-17(14)26-18)25-15-5-7-16(8-6-15)27(22,23)20-9-11-24-12-10-20/h5-8,13H,1-4,9-12H2. The highest BCUT2D eigenvalue weighted by Gasteiger charge is 2.26. The van der Waals surface area contributed by atoms with Crippen LogP contribution in [0, 0.1) is 0 Å². The van der Waals surface area contributed by atoms with Gasteiger partial charge < -0.3 is 9.47 Å². The van der Waals surface area contributed by atoms with Gasteiger partial charge in [-0.05, 0) is 61.6 Å². The van der Waals surface area contributed by atoms with Crippen molar-refractivity contribution in [1.29, 1.82) is 0 Å². The molecule has 0 atom stereocenters. The summed E-state index contributed by atoms with van der Waals surface area (Å²) < 4.78 is 37.3. The highest BCUT2D eigenvalue weighted by atomic mass is 32.2. The van der Waals surface area contributed by atoms with Gasteiger partial charge in [0.15, 0.2) is 0 Å². The van der Waals surface area contributed by atoms with Crippen LogP contribution < -0.4 is 4.74 Å². The molecule has 1 aromatic carbocycles. The van der Waals surface area contributed by atoms with E-state index < -0.39 is 16.0 Å². The second kappa shape index (κ2) is 7.71. The highest BCUT2D eigenvalue weighted by Crippen LogP contribution is 2.30. The predicted octanol–water partition coefficient (Wildman–Crippen LogP) is 2.87. The minimum atomic E-state index is -3.55. The van der Waals surface area contributed by atoms with Gasteiger partial charge in [-0.2, -0.15) is 4.31 Å². The molecule has 1 aliphatic carbocycles. The number of benzene rings is 1. The number of thiophene rings is 1. The van der Waals surface area contributed by atoms with Gasteiger partial charge in [0.2, 0.25) is 10.0 Å². The van der Waals surface area contributed by atoms with Gasteiger partial charge in [-0.1, -0.05) is 0 Å². The van der Waals surface area contributed by atoms with E-state index in [1.54, 1.807) is 0 Å². The average Bonchev–Trinajstić information content (AvgIpc) is 3.13. The topological polar surface area (TPSA) is 72.9 Å². The maximum absolute atomic E-state index is 12.6. The zero-order valence-corrected chi connectivity index (χ0v) is 16.5. The van der Waals surface area contributed by atoms with Crippen LogP contribution >= 0.6 is 11.3 Å². The Morgan fingerprint density at radius 3 is 2.48 bits per heavy atom. The van der Waals surface area contributed by atoms with Crippen molar-refractivity contribution < 1.29 is 22.7 Å². The molecular formula is C19H21NO5S2. The second-order valence-electron chi connectivity index (χ2n) is 6.64. The van der Waals surface area contributed by atoms with Gasteiger partial charge >= 0.3 is 5.97 Å². The van der Waals surface area contributed by atoms with Crippen molar-refractivity contribution in [3.8, 4) is 5.75 Å². The molecule has 0 bridgehead atoms. The van der Waals surface area contributed by atoms with Crippen molar-refractivity contribution >= 4 is 27.3 Å². The Morgan fingerprint density at radius 1 is 1.07 bits per heavy atom. The van der Waals surface area contributed by atoms with Gasteiger partial charge in [0, 0.05) is 18.0 Å². The Bertz CT molecular complexity index is 904. The van der Waals surface area contributed by atoms with E-state index in [0.29, 0.717) is 36.9 Å². The largest absolute Gasteiger partial charge is 0.422 e. The summed E-state index contributed by atoms with van der Waals surface area (Å²) in [7, 11) is -3.55. The third kappa shape index (κ3) is 3.94. The summed E-state index contributed by atoms with van der Waals surface area (Å²) in [4.78, 5) is 14.5. The first-order valence-corrected chi connectivity index (χ1v) is 11.3. The quantitative estimate of drug-likeness (QED) is 0.576. The second-order valence-corrected chi connectivity index (χ2v) is 9.72. The number of ether oxygens (including phenoxy) is 2. The van der Waals surface area contributed by atoms with Crippen molar-refractivity contribution in [3.05, 3.63) is 45.6 Å². The van der Waals surface area contributed by atoms with Crippen LogP contribution in [-0.4, -0.2) is 45.0 Å². The van der Waals surface area contributed by atoms with Crippen LogP contribution in [0.3, 0.4) is 0 Å². The fourth-order valence-corrected chi connectivity index (χ4v) is 5.90. The molecule has 0 unspecified atom stereocenters. The monoisotopic (exact) mass is 407 g/mol. The van der Waals surface area contributed by atoms with E-state index in [0.717, 1.165) is 19.3 Å². The van der Waals surface area contributed by atoms with Crippen LogP contribution in [0.15, 0.2) is 35.2 Å². The lowest BCUT2D eigenvalue weighted by atomic mass is 9.99. The molecule has 2 heterocycles. The van der Waals surface area contributed by atoms with Crippen LogP contribution in [-0.2, 0) is 27.6 Å². The minimum absolute atomic E-state index is 0.191. The molecule has 0 spiro atoms. The number of esters is 1. The summed E-state index contributed by atoms with van der Waals surface area (Å²) in [6.07, 6.45) is 4.38. The van der Waals surface area contributed by atoms with Crippen molar-refractivity contribution in [2.45, 2.75) is 30.6 Å². The van der Waals surface area contributed by atoms with Crippen LogP contribution in [0.2, 0.25) is 0 Å². The first-order chi connectivity index (χ1) is 13.0. The fraction of sp³-hybridized carbons (Fsp3) is 0.421. The predicted molar refractivity (Wildman–Crippen MR) is 102 cm³/mol. The molecular weight excluding hydrogens is 386 g/mol. The van der Waals surface area contributed by atoms with Gasteiger partial charge in [-0.25, -0.2) is 13.2 Å². The Balaban J connectivity index is 1.46. The van der Waals surface area contributed by atoms with Crippen LogP contribution in [0.1, 0.15) is 33.0 Å². The number of hydrogen-bond donors (Lipinski definition) is 0. The SMILES string of the molecule is O=C(Oc1ccc(S(=O)(=O)N2CCOCC2)cc1)c1cc2c(s1)CCCC2. The normalized spacial score (nSPS) is 18.1. The molecule has 0 saturated carbocycles. The molecule has 0 amide bonds. The number of carbonyl (C=O) groups excluding carboxylic acids is 1. The smallest absolute Gasteiger partial charge is 0.353 e. The lowest BCUT2D eigenvalue weighted by Crippen LogP contribution is -2.40. The summed E-state index contributed by atoms with van der Waals surface area (Å²) >= 11 is 1.50. The van der Waals surface area contributed by atoms with E-state index in [4.69, 9.17) is 9.47 Å². The van der Waals surface area contributed by atoms with E-state index in [2.05, 4.69) is 0 Å². The number of aryl methyl sites for hydroxylation is 2. The molecule has 1 fully saturated rings. The number of sulfonamides is 1. The molecule has 8 heteroatoms. The maximum atomic E-state index is 12.6. The van der Waals surface area contributed by atoms with Crippen molar-refractivity contribution in [2.75, 3.05) is 26.3 Å². The maximum Gasteiger partial charge on any atom is 0.353 e. The van der Waals surface area contributed by atoms with Crippen molar-refractivity contribution in [2.24, 2.45) is 0 Å². The zero-order valence-electron chi connectivity index (χ0n) is 14.8. The number of carbonyl (C=O) groups is 1. The molecule has 144 valence electrons. The number of fused-ring (bicyclic) bond motifs is 1.